The summed E-state index contributed by atoms with van der Waals surface area (Å²) in [5.41, 5.74) is 0.595. The third-order valence-corrected chi connectivity index (χ3v) is 4.94. The highest BCUT2D eigenvalue weighted by molar-refractivity contribution is 5.92. The van der Waals surface area contributed by atoms with E-state index in [1.807, 2.05) is 5.92 Å². The molecule has 28 heavy (non-hydrogen) atoms. The van der Waals surface area contributed by atoms with Gasteiger partial charge in [0.25, 0.3) is 5.91 Å². The minimum atomic E-state index is -1.38. The van der Waals surface area contributed by atoms with Crippen LogP contribution >= 0.6 is 0 Å². The molecule has 3 N–H and O–H groups in total. The van der Waals surface area contributed by atoms with Crippen molar-refractivity contribution in [3.63, 3.8) is 0 Å². The third kappa shape index (κ3) is 3.70. The van der Waals surface area contributed by atoms with Crippen LogP contribution in [0.2, 0.25) is 0 Å². The van der Waals surface area contributed by atoms with Gasteiger partial charge in [0.15, 0.2) is 6.23 Å². The molecule has 2 heterocycles. The van der Waals surface area contributed by atoms with E-state index < -0.39 is 55.0 Å². The maximum atomic E-state index is 13.5. The molecule has 1 aromatic carbocycles. The molecule has 0 bridgehead atoms. The van der Waals surface area contributed by atoms with Crippen molar-refractivity contribution in [1.29, 1.82) is 0 Å². The van der Waals surface area contributed by atoms with E-state index in [0.717, 1.165) is 4.90 Å². The van der Waals surface area contributed by atoms with E-state index in [-0.39, 0.29) is 6.54 Å². The number of terminal acetylenes is 1. The number of carbonyl (C=O) groups is 1. The Kier molecular flexibility index (Phi) is 5.90. The number of benzene rings is 1. The highest BCUT2D eigenvalue weighted by Crippen LogP contribution is 2.33. The monoisotopic (exact) mass is 392 g/mol. The molecule has 0 aromatic heterocycles. The van der Waals surface area contributed by atoms with Gasteiger partial charge >= 0.3 is 0 Å². The van der Waals surface area contributed by atoms with Gasteiger partial charge in [-0.2, -0.15) is 5.11 Å². The summed E-state index contributed by atoms with van der Waals surface area (Å²) in [7, 11) is 1.35. The second kappa shape index (κ2) is 8.20. The van der Waals surface area contributed by atoms with E-state index in [4.69, 9.17) is 11.2 Å². The Labute approximate surface area is 161 Å². The van der Waals surface area contributed by atoms with Gasteiger partial charge < -0.3 is 25.0 Å². The molecule has 3 rings (SSSR count). The zero-order valence-electron chi connectivity index (χ0n) is 15.1. The van der Waals surface area contributed by atoms with Crippen molar-refractivity contribution >= 4 is 5.91 Å². The van der Waals surface area contributed by atoms with Gasteiger partial charge in [0.05, 0.1) is 13.2 Å². The molecule has 0 radical (unpaired) electrons. The van der Waals surface area contributed by atoms with E-state index in [1.54, 1.807) is 12.1 Å². The molecule has 1 fully saturated rings. The van der Waals surface area contributed by atoms with Crippen LogP contribution in [0.3, 0.4) is 0 Å². The van der Waals surface area contributed by atoms with Crippen LogP contribution in [0.15, 0.2) is 34.6 Å². The fourth-order valence-corrected chi connectivity index (χ4v) is 3.42. The van der Waals surface area contributed by atoms with Gasteiger partial charge in [-0.05, 0) is 23.6 Å². The van der Waals surface area contributed by atoms with Gasteiger partial charge in [0, 0.05) is 7.05 Å². The normalized spacial score (nSPS) is 32.2. The average Bonchev–Trinajstić information content (AvgIpc) is 3.17. The quantitative estimate of drug-likeness (QED) is 0.592. The summed E-state index contributed by atoms with van der Waals surface area (Å²) in [4.78, 5) is 12.8. The SMILES string of the molecule is C#CC(=O)N(C)[C@@H]1OC(CO)[C@H](O)C(N2C[C@@H](c3cccc(F)c3)N=N2)C1O. The smallest absolute Gasteiger partial charge is 0.300 e. The summed E-state index contributed by atoms with van der Waals surface area (Å²) in [5.74, 6) is 0.789. The van der Waals surface area contributed by atoms with E-state index in [1.165, 1.54) is 24.2 Å². The van der Waals surface area contributed by atoms with E-state index >= 15 is 0 Å². The molecule has 1 amide bonds. The topological polar surface area (TPSA) is 118 Å². The molecular weight excluding hydrogens is 371 g/mol. The number of carbonyl (C=O) groups excluding carboxylic acids is 1. The molecule has 0 saturated carbocycles. The predicted molar refractivity (Wildman–Crippen MR) is 93.9 cm³/mol. The number of ether oxygens (including phenoxy) is 1. The van der Waals surface area contributed by atoms with Gasteiger partial charge in [-0.15, -0.1) is 6.42 Å². The van der Waals surface area contributed by atoms with Crippen molar-refractivity contribution in [2.75, 3.05) is 20.2 Å². The zero-order valence-corrected chi connectivity index (χ0v) is 15.1. The minimum Gasteiger partial charge on any atom is -0.394 e. The van der Waals surface area contributed by atoms with Crippen molar-refractivity contribution in [3.05, 3.63) is 35.6 Å². The lowest BCUT2D eigenvalue weighted by atomic mass is 9.93. The summed E-state index contributed by atoms with van der Waals surface area (Å²) in [6.45, 7) is -0.378. The number of likely N-dealkylation sites (N-methyl/N-ethyl adjacent to an activating group) is 1. The number of nitrogens with zero attached hydrogens (tertiary/aromatic N) is 4. The lowest BCUT2D eigenvalue weighted by molar-refractivity contribution is -0.246. The Balaban J connectivity index is 1.82. The standard InChI is InChI=1S/C18H21FN4O5/c1-3-14(25)22(2)18-17(27)15(16(26)13(9-24)28-18)23-8-12(20-21-23)10-5-4-6-11(19)7-10/h1,4-7,12-13,15-18,24,26-27H,8-9H2,2H3/t12-,13?,15?,16-,17?,18+/m0/s1. The molecule has 0 aliphatic carbocycles. The zero-order chi connectivity index (χ0) is 20.4. The molecule has 150 valence electrons. The maximum absolute atomic E-state index is 13.5. The summed E-state index contributed by atoms with van der Waals surface area (Å²) >= 11 is 0. The molecule has 2 aliphatic rings. The highest BCUT2D eigenvalue weighted by Gasteiger charge is 2.50. The number of rotatable bonds is 4. The van der Waals surface area contributed by atoms with Crippen LogP contribution < -0.4 is 0 Å². The Hall–Kier alpha value is -2.58. The maximum Gasteiger partial charge on any atom is 0.300 e. The van der Waals surface area contributed by atoms with Crippen molar-refractivity contribution in [2.24, 2.45) is 10.3 Å². The minimum absolute atomic E-state index is 0.167. The molecule has 0 spiro atoms. The molecule has 2 aliphatic heterocycles. The van der Waals surface area contributed by atoms with Crippen molar-refractivity contribution in [1.82, 2.24) is 9.91 Å². The van der Waals surface area contributed by atoms with Gasteiger partial charge in [-0.25, -0.2) is 4.39 Å². The third-order valence-electron chi connectivity index (χ3n) is 4.94. The molecule has 10 heteroatoms. The number of amides is 1. The van der Waals surface area contributed by atoms with E-state index in [0.29, 0.717) is 5.56 Å². The van der Waals surface area contributed by atoms with Crippen LogP contribution in [0.1, 0.15) is 11.6 Å². The fraction of sp³-hybridized carbons (Fsp3) is 0.500. The van der Waals surface area contributed by atoms with E-state index in [2.05, 4.69) is 10.3 Å². The molecule has 3 unspecified atom stereocenters. The number of hydrogen-bond donors (Lipinski definition) is 3. The number of aliphatic hydroxyl groups excluding tert-OH is 3. The molecular formula is C18H21FN4O5. The number of hydrogen-bond acceptors (Lipinski definition) is 8. The van der Waals surface area contributed by atoms with Crippen LogP contribution in [0.25, 0.3) is 0 Å². The lowest BCUT2D eigenvalue weighted by Gasteiger charge is -2.46. The van der Waals surface area contributed by atoms with Gasteiger partial charge in [0.2, 0.25) is 0 Å². The number of aliphatic hydroxyl groups is 3. The molecule has 1 saturated heterocycles. The summed E-state index contributed by atoms with van der Waals surface area (Å²) in [6, 6.07) is 4.39. The van der Waals surface area contributed by atoms with Crippen LogP contribution in [0, 0.1) is 18.2 Å². The Morgan fingerprint density at radius 2 is 2.21 bits per heavy atom. The Morgan fingerprint density at radius 3 is 2.86 bits per heavy atom. The summed E-state index contributed by atoms with van der Waals surface area (Å²) in [6.07, 6.45) is 0.155. The Morgan fingerprint density at radius 1 is 1.46 bits per heavy atom. The van der Waals surface area contributed by atoms with Gasteiger partial charge in [-0.1, -0.05) is 17.4 Å². The first-order valence-electron chi connectivity index (χ1n) is 8.66. The average molecular weight is 392 g/mol. The molecule has 9 nitrogen and oxygen atoms in total. The molecule has 1 aromatic rings. The largest absolute Gasteiger partial charge is 0.394 e. The summed E-state index contributed by atoms with van der Waals surface area (Å²) in [5, 5.41) is 40.3. The second-order valence-electron chi connectivity index (χ2n) is 6.68. The van der Waals surface area contributed by atoms with Crippen molar-refractivity contribution in [3.8, 4) is 12.3 Å². The van der Waals surface area contributed by atoms with Crippen molar-refractivity contribution < 1.29 is 29.2 Å². The lowest BCUT2D eigenvalue weighted by Crippen LogP contribution is -2.67. The summed E-state index contributed by atoms with van der Waals surface area (Å²) < 4.78 is 19.0. The van der Waals surface area contributed by atoms with Gasteiger partial charge in [0.1, 0.15) is 36.2 Å². The first-order chi connectivity index (χ1) is 13.4. The van der Waals surface area contributed by atoms with Crippen LogP contribution in [0.4, 0.5) is 4.39 Å². The van der Waals surface area contributed by atoms with Crippen LogP contribution in [-0.2, 0) is 9.53 Å². The van der Waals surface area contributed by atoms with Crippen molar-refractivity contribution in [2.45, 2.75) is 36.6 Å². The highest BCUT2D eigenvalue weighted by atomic mass is 19.1. The fourth-order valence-electron chi connectivity index (χ4n) is 3.42. The molecule has 6 atom stereocenters. The van der Waals surface area contributed by atoms with Crippen LogP contribution in [0.5, 0.6) is 0 Å². The first-order valence-corrected chi connectivity index (χ1v) is 8.66. The van der Waals surface area contributed by atoms with Crippen LogP contribution in [-0.4, -0.2) is 81.9 Å². The number of halogens is 1. The predicted octanol–water partition coefficient (Wildman–Crippen LogP) is -0.551. The van der Waals surface area contributed by atoms with E-state index in [9.17, 15) is 24.5 Å². The van der Waals surface area contributed by atoms with Gasteiger partial charge in [-0.3, -0.25) is 9.80 Å². The Bertz CT molecular complexity index is 800. The first kappa shape index (κ1) is 20.2. The second-order valence-corrected chi connectivity index (χ2v) is 6.68.